The van der Waals surface area contributed by atoms with Crippen molar-refractivity contribution in [1.29, 1.82) is 0 Å². The number of nitrogens with one attached hydrogen (secondary N) is 2. The van der Waals surface area contributed by atoms with Crippen molar-refractivity contribution in [3.63, 3.8) is 0 Å². The number of aromatic amines is 1. The summed E-state index contributed by atoms with van der Waals surface area (Å²) in [7, 11) is 0. The molecule has 2 aliphatic rings. The first-order chi connectivity index (χ1) is 10.7. The van der Waals surface area contributed by atoms with Gasteiger partial charge >= 0.3 is 6.18 Å². The molecule has 5 nitrogen and oxygen atoms in total. The molecule has 1 aliphatic carbocycles. The number of aromatic nitrogens is 2. The minimum Gasteiger partial charge on any atom is -0.376 e. The summed E-state index contributed by atoms with van der Waals surface area (Å²) in [5.41, 5.74) is -3.29. The van der Waals surface area contributed by atoms with E-state index in [1.165, 1.54) is 0 Å². The molecule has 0 saturated heterocycles. The van der Waals surface area contributed by atoms with Crippen molar-refractivity contribution in [3.8, 4) is 0 Å². The number of hydrogen-bond acceptors (Lipinski definition) is 3. The fourth-order valence-electron chi connectivity index (χ4n) is 3.80. The molecule has 0 bridgehead atoms. The van der Waals surface area contributed by atoms with E-state index in [0.29, 0.717) is 0 Å². The zero-order valence-electron chi connectivity index (χ0n) is 12.8. The zero-order valence-corrected chi connectivity index (χ0v) is 12.8. The van der Waals surface area contributed by atoms with Crippen LogP contribution in [-0.4, -0.2) is 27.4 Å². The van der Waals surface area contributed by atoms with Crippen molar-refractivity contribution < 1.29 is 23.1 Å². The Morgan fingerprint density at radius 3 is 2.57 bits per heavy atom. The van der Waals surface area contributed by atoms with Gasteiger partial charge in [-0.15, -0.1) is 0 Å². The smallest absolute Gasteiger partial charge is 0.376 e. The van der Waals surface area contributed by atoms with Gasteiger partial charge in [-0.2, -0.15) is 18.3 Å². The van der Waals surface area contributed by atoms with E-state index in [9.17, 15) is 23.1 Å². The van der Waals surface area contributed by atoms with Crippen molar-refractivity contribution in [2.24, 2.45) is 5.92 Å². The van der Waals surface area contributed by atoms with E-state index < -0.39 is 24.1 Å². The van der Waals surface area contributed by atoms with E-state index in [4.69, 9.17) is 0 Å². The van der Waals surface area contributed by atoms with Gasteiger partial charge in [0.25, 0.3) is 0 Å². The average molecular weight is 331 g/mol. The van der Waals surface area contributed by atoms with Crippen LogP contribution < -0.4 is 5.32 Å². The first-order valence-corrected chi connectivity index (χ1v) is 7.91. The Morgan fingerprint density at radius 2 is 1.96 bits per heavy atom. The number of anilines is 1. The van der Waals surface area contributed by atoms with Gasteiger partial charge in [-0.1, -0.05) is 26.2 Å². The predicted molar refractivity (Wildman–Crippen MR) is 76.8 cm³/mol. The molecule has 1 amide bonds. The molecule has 8 heteroatoms. The van der Waals surface area contributed by atoms with Crippen molar-refractivity contribution in [1.82, 2.24) is 10.2 Å². The van der Waals surface area contributed by atoms with Gasteiger partial charge in [-0.25, -0.2) is 0 Å². The van der Waals surface area contributed by atoms with Crippen LogP contribution in [0.15, 0.2) is 0 Å². The van der Waals surface area contributed by atoms with Crippen LogP contribution in [0.4, 0.5) is 19.0 Å². The molecule has 1 saturated carbocycles. The number of fused-ring (bicyclic) bond motifs is 1. The number of carbonyl (C=O) groups excluding carboxylic acids is 1. The fourth-order valence-corrected chi connectivity index (χ4v) is 3.80. The van der Waals surface area contributed by atoms with E-state index in [1.54, 1.807) is 0 Å². The molecular formula is C15H20F3N3O2. The summed E-state index contributed by atoms with van der Waals surface area (Å²) < 4.78 is 40.4. The van der Waals surface area contributed by atoms with Crippen molar-refractivity contribution in [2.75, 3.05) is 5.32 Å². The summed E-state index contributed by atoms with van der Waals surface area (Å²) in [6.07, 6.45) is -0.828. The van der Waals surface area contributed by atoms with Crippen LogP contribution in [-0.2, 0) is 10.4 Å². The van der Waals surface area contributed by atoms with Crippen LogP contribution in [0.2, 0.25) is 0 Å². The van der Waals surface area contributed by atoms with Gasteiger partial charge in [0.15, 0.2) is 5.60 Å². The molecule has 1 aromatic rings. The predicted octanol–water partition coefficient (Wildman–Crippen LogP) is 3.19. The van der Waals surface area contributed by atoms with E-state index in [2.05, 4.69) is 15.5 Å². The number of hydrogen-bond donors (Lipinski definition) is 3. The normalized spacial score (nSPS) is 27.4. The molecule has 1 aromatic heterocycles. The number of alkyl halides is 3. The number of halogens is 3. The Labute approximate surface area is 131 Å². The number of H-pyrrole nitrogens is 1. The van der Waals surface area contributed by atoms with Crippen LogP contribution in [0.5, 0.6) is 0 Å². The average Bonchev–Trinajstić information content (AvgIpc) is 2.90. The van der Waals surface area contributed by atoms with Crippen molar-refractivity contribution in [2.45, 2.75) is 63.1 Å². The second kappa shape index (κ2) is 5.51. The zero-order chi connectivity index (χ0) is 16.8. The van der Waals surface area contributed by atoms with Crippen LogP contribution in [0.3, 0.4) is 0 Å². The summed E-state index contributed by atoms with van der Waals surface area (Å²) >= 11 is 0. The maximum atomic E-state index is 13.5. The third-order valence-electron chi connectivity index (χ3n) is 5.15. The minimum absolute atomic E-state index is 0.140. The van der Waals surface area contributed by atoms with Gasteiger partial charge in [-0.05, 0) is 18.8 Å². The summed E-state index contributed by atoms with van der Waals surface area (Å²) in [4.78, 5) is 11.5. The molecule has 128 valence electrons. The molecule has 3 N–H and O–H groups in total. The van der Waals surface area contributed by atoms with Gasteiger partial charge in [0.1, 0.15) is 5.82 Å². The first kappa shape index (κ1) is 16.3. The maximum Gasteiger partial charge on any atom is 0.422 e. The molecule has 23 heavy (non-hydrogen) atoms. The van der Waals surface area contributed by atoms with Crippen LogP contribution in [0.1, 0.15) is 62.6 Å². The molecule has 2 atom stereocenters. The number of nitrogens with zero attached hydrogens (tertiary/aromatic N) is 1. The molecule has 0 aromatic carbocycles. The second-order valence-electron chi connectivity index (χ2n) is 6.63. The third-order valence-corrected chi connectivity index (χ3v) is 5.15. The van der Waals surface area contributed by atoms with Crippen molar-refractivity contribution >= 4 is 11.7 Å². The molecule has 0 radical (unpaired) electrons. The van der Waals surface area contributed by atoms with Crippen LogP contribution in [0.25, 0.3) is 0 Å². The first-order valence-electron chi connectivity index (χ1n) is 7.91. The van der Waals surface area contributed by atoms with Gasteiger partial charge in [0.2, 0.25) is 5.91 Å². The number of aliphatic hydroxyl groups is 1. The molecule has 3 rings (SSSR count). The second-order valence-corrected chi connectivity index (χ2v) is 6.63. The highest BCUT2D eigenvalue weighted by atomic mass is 19.4. The Morgan fingerprint density at radius 1 is 1.30 bits per heavy atom. The van der Waals surface area contributed by atoms with Crippen LogP contribution in [0, 0.1) is 5.92 Å². The fraction of sp³-hybridized carbons (Fsp3) is 0.733. The molecule has 1 fully saturated rings. The highest BCUT2D eigenvalue weighted by Gasteiger charge is 2.61. The van der Waals surface area contributed by atoms with Crippen LogP contribution >= 0.6 is 0 Å². The summed E-state index contributed by atoms with van der Waals surface area (Å²) in [5.74, 6) is -0.984. The summed E-state index contributed by atoms with van der Waals surface area (Å²) in [5, 5.41) is 19.1. The summed E-state index contributed by atoms with van der Waals surface area (Å²) in [6, 6.07) is 0. The molecule has 1 aliphatic heterocycles. The highest BCUT2D eigenvalue weighted by molar-refractivity contribution is 5.94. The third kappa shape index (κ3) is 2.62. The van der Waals surface area contributed by atoms with E-state index in [-0.39, 0.29) is 28.9 Å². The van der Waals surface area contributed by atoms with E-state index in [1.807, 2.05) is 6.92 Å². The largest absolute Gasteiger partial charge is 0.422 e. The van der Waals surface area contributed by atoms with Gasteiger partial charge in [-0.3, -0.25) is 9.89 Å². The summed E-state index contributed by atoms with van der Waals surface area (Å²) in [6.45, 7) is 1.85. The number of amides is 1. The molecular weight excluding hydrogens is 311 g/mol. The maximum absolute atomic E-state index is 13.5. The lowest BCUT2D eigenvalue weighted by atomic mass is 9.76. The molecule has 0 spiro atoms. The minimum atomic E-state index is -4.94. The lowest BCUT2D eigenvalue weighted by Gasteiger charge is -2.35. The Hall–Kier alpha value is -1.57. The topological polar surface area (TPSA) is 78.0 Å². The van der Waals surface area contributed by atoms with E-state index in [0.717, 1.165) is 32.1 Å². The quantitative estimate of drug-likeness (QED) is 0.779. The SMILES string of the molecule is CC(c1n[nH]c2c1C(O)(C(F)(F)F)CC(=O)N2)C1CCCCC1. The highest BCUT2D eigenvalue weighted by Crippen LogP contribution is 2.50. The number of rotatable bonds is 2. The monoisotopic (exact) mass is 331 g/mol. The van der Waals surface area contributed by atoms with Gasteiger partial charge < -0.3 is 10.4 Å². The Kier molecular flexibility index (Phi) is 3.90. The lowest BCUT2D eigenvalue weighted by molar-refractivity contribution is -0.267. The van der Waals surface area contributed by atoms with Crippen molar-refractivity contribution in [3.05, 3.63) is 11.3 Å². The van der Waals surface area contributed by atoms with Gasteiger partial charge in [0.05, 0.1) is 17.7 Å². The Balaban J connectivity index is 2.03. The van der Waals surface area contributed by atoms with E-state index >= 15 is 0 Å². The Bertz CT molecular complexity index is 608. The molecule has 2 heterocycles. The number of carbonyl (C=O) groups is 1. The molecule has 2 unspecified atom stereocenters. The lowest BCUT2D eigenvalue weighted by Crippen LogP contribution is -2.48. The standard InChI is InChI=1S/C15H20F3N3O2/c1-8(9-5-3-2-4-6-9)12-11-13(21-20-12)19-10(22)7-14(11,23)15(16,17)18/h8-9,23H,2-7H2,1H3,(H2,19,20,21,22). The van der Waals surface area contributed by atoms with Gasteiger partial charge in [0, 0.05) is 5.92 Å².